The summed E-state index contributed by atoms with van der Waals surface area (Å²) in [5.41, 5.74) is 0. The largest absolute Gasteiger partial charge is 0.396 e. The van der Waals surface area contributed by atoms with Gasteiger partial charge in [0.25, 0.3) is 0 Å². The molecule has 0 aliphatic heterocycles. The Balaban J connectivity index is 2.05. The Morgan fingerprint density at radius 3 is 2.23 bits per heavy atom. The first-order valence-electron chi connectivity index (χ1n) is 10.2. The second-order valence-electron chi connectivity index (χ2n) is 8.09. The molecule has 0 saturated heterocycles. The summed E-state index contributed by atoms with van der Waals surface area (Å²) in [5, 5.41) is 8.86. The van der Waals surface area contributed by atoms with Crippen molar-refractivity contribution < 1.29 is 5.11 Å². The molecular formula is C21H42O. The zero-order chi connectivity index (χ0) is 16.4. The van der Waals surface area contributed by atoms with E-state index in [1.54, 1.807) is 0 Å². The topological polar surface area (TPSA) is 20.2 Å². The van der Waals surface area contributed by atoms with E-state index in [0.717, 1.165) is 36.0 Å². The van der Waals surface area contributed by atoms with Crippen LogP contribution in [0, 0.1) is 29.6 Å². The van der Waals surface area contributed by atoms with E-state index in [1.165, 1.54) is 64.2 Å². The summed E-state index contributed by atoms with van der Waals surface area (Å²) in [6.07, 6.45) is 15.0. The maximum atomic E-state index is 8.86. The van der Waals surface area contributed by atoms with Crippen LogP contribution < -0.4 is 0 Å². The molecule has 1 aliphatic carbocycles. The van der Waals surface area contributed by atoms with Gasteiger partial charge in [-0.2, -0.15) is 0 Å². The van der Waals surface area contributed by atoms with Crippen LogP contribution in [-0.4, -0.2) is 11.7 Å². The summed E-state index contributed by atoms with van der Waals surface area (Å²) in [6.45, 7) is 9.91. The summed E-state index contributed by atoms with van der Waals surface area (Å²) in [6, 6.07) is 0. The van der Waals surface area contributed by atoms with Gasteiger partial charge < -0.3 is 5.11 Å². The first-order chi connectivity index (χ1) is 10.6. The van der Waals surface area contributed by atoms with Gasteiger partial charge in [-0.1, -0.05) is 79.1 Å². The van der Waals surface area contributed by atoms with Crippen LogP contribution in [0.4, 0.5) is 0 Å². The van der Waals surface area contributed by atoms with Crippen molar-refractivity contribution in [3.8, 4) is 0 Å². The lowest BCUT2D eigenvalue weighted by molar-refractivity contribution is 0.270. The molecule has 1 aliphatic rings. The van der Waals surface area contributed by atoms with E-state index in [1.807, 2.05) is 0 Å². The van der Waals surface area contributed by atoms with Gasteiger partial charge in [-0.15, -0.1) is 0 Å². The monoisotopic (exact) mass is 310 g/mol. The van der Waals surface area contributed by atoms with Crippen LogP contribution in [-0.2, 0) is 0 Å². The van der Waals surface area contributed by atoms with Crippen molar-refractivity contribution >= 4 is 0 Å². The summed E-state index contributed by atoms with van der Waals surface area (Å²) in [7, 11) is 0. The molecule has 1 rings (SSSR count). The van der Waals surface area contributed by atoms with Crippen LogP contribution in [0.25, 0.3) is 0 Å². The van der Waals surface area contributed by atoms with Crippen molar-refractivity contribution in [1.82, 2.24) is 0 Å². The van der Waals surface area contributed by atoms with E-state index >= 15 is 0 Å². The minimum Gasteiger partial charge on any atom is -0.396 e. The first kappa shape index (κ1) is 20.0. The molecule has 0 bridgehead atoms. The lowest BCUT2D eigenvalue weighted by Gasteiger charge is -2.15. The van der Waals surface area contributed by atoms with E-state index in [4.69, 9.17) is 5.11 Å². The Labute approximate surface area is 140 Å². The summed E-state index contributed by atoms with van der Waals surface area (Å²) >= 11 is 0. The molecule has 5 atom stereocenters. The van der Waals surface area contributed by atoms with Gasteiger partial charge in [0.05, 0.1) is 0 Å². The van der Waals surface area contributed by atoms with Gasteiger partial charge in [0.2, 0.25) is 0 Å². The normalized spacial score (nSPS) is 26.9. The zero-order valence-electron chi connectivity index (χ0n) is 15.8. The molecule has 0 spiro atoms. The molecular weight excluding hydrogens is 268 g/mol. The van der Waals surface area contributed by atoms with Gasteiger partial charge in [0.15, 0.2) is 0 Å². The van der Waals surface area contributed by atoms with E-state index in [-0.39, 0.29) is 0 Å². The van der Waals surface area contributed by atoms with Gasteiger partial charge in [-0.3, -0.25) is 0 Å². The molecule has 0 aromatic rings. The van der Waals surface area contributed by atoms with E-state index in [9.17, 15) is 0 Å². The second kappa shape index (κ2) is 11.5. The van der Waals surface area contributed by atoms with Crippen molar-refractivity contribution in [1.29, 1.82) is 0 Å². The third-order valence-corrected chi connectivity index (χ3v) is 6.23. The highest BCUT2D eigenvalue weighted by atomic mass is 16.2. The smallest absolute Gasteiger partial charge is 0.0431 e. The number of rotatable bonds is 14. The van der Waals surface area contributed by atoms with Gasteiger partial charge in [0, 0.05) is 6.61 Å². The number of unbranched alkanes of at least 4 members (excludes halogenated alkanes) is 2. The molecule has 5 unspecified atom stereocenters. The molecule has 132 valence electrons. The second-order valence-corrected chi connectivity index (χ2v) is 8.09. The van der Waals surface area contributed by atoms with Crippen molar-refractivity contribution in [2.75, 3.05) is 6.61 Å². The highest BCUT2D eigenvalue weighted by Crippen LogP contribution is 2.52. The SMILES string of the molecule is CCCC1C(C)C1CC(CC)CCCCCC(C)CCCO. The fraction of sp³-hybridized carbons (Fsp3) is 1.00. The molecule has 1 heteroatoms. The van der Waals surface area contributed by atoms with E-state index in [2.05, 4.69) is 27.7 Å². The minimum atomic E-state index is 0.362. The average Bonchev–Trinajstić information content (AvgIpc) is 3.12. The molecule has 0 aromatic heterocycles. The molecule has 0 radical (unpaired) electrons. The number of aliphatic hydroxyl groups excluding tert-OH is 1. The molecule has 1 nitrogen and oxygen atoms in total. The molecule has 0 aromatic carbocycles. The van der Waals surface area contributed by atoms with Crippen LogP contribution in [0.15, 0.2) is 0 Å². The Bertz CT molecular complexity index is 263. The highest BCUT2D eigenvalue weighted by Gasteiger charge is 2.45. The standard InChI is InChI=1S/C21H42O/c1-5-11-20-18(4)21(20)16-19(6-2)14-9-7-8-12-17(3)13-10-15-22/h17-22H,5-16H2,1-4H3. The number of hydrogen-bond donors (Lipinski definition) is 1. The molecule has 0 amide bonds. The molecule has 1 fully saturated rings. The maximum Gasteiger partial charge on any atom is 0.0431 e. The minimum absolute atomic E-state index is 0.362. The Morgan fingerprint density at radius 2 is 1.59 bits per heavy atom. The molecule has 1 saturated carbocycles. The molecule has 0 heterocycles. The van der Waals surface area contributed by atoms with Crippen LogP contribution in [0.1, 0.15) is 98.3 Å². The maximum absolute atomic E-state index is 8.86. The fourth-order valence-electron chi connectivity index (χ4n) is 4.40. The zero-order valence-corrected chi connectivity index (χ0v) is 15.8. The van der Waals surface area contributed by atoms with Crippen molar-refractivity contribution in [3.63, 3.8) is 0 Å². The van der Waals surface area contributed by atoms with Gasteiger partial charge in [-0.05, 0) is 48.9 Å². The van der Waals surface area contributed by atoms with Crippen molar-refractivity contribution in [2.24, 2.45) is 29.6 Å². The Morgan fingerprint density at radius 1 is 0.909 bits per heavy atom. The quantitative estimate of drug-likeness (QED) is 0.366. The summed E-state index contributed by atoms with van der Waals surface area (Å²) in [5.74, 6) is 4.92. The summed E-state index contributed by atoms with van der Waals surface area (Å²) in [4.78, 5) is 0. The molecule has 1 N–H and O–H groups in total. The summed E-state index contributed by atoms with van der Waals surface area (Å²) < 4.78 is 0. The van der Waals surface area contributed by atoms with Crippen LogP contribution in [0.5, 0.6) is 0 Å². The Hall–Kier alpha value is -0.0400. The molecule has 22 heavy (non-hydrogen) atoms. The fourth-order valence-corrected chi connectivity index (χ4v) is 4.40. The van der Waals surface area contributed by atoms with Gasteiger partial charge in [-0.25, -0.2) is 0 Å². The van der Waals surface area contributed by atoms with Crippen molar-refractivity contribution in [3.05, 3.63) is 0 Å². The first-order valence-corrected chi connectivity index (χ1v) is 10.2. The van der Waals surface area contributed by atoms with Gasteiger partial charge >= 0.3 is 0 Å². The lowest BCUT2D eigenvalue weighted by atomic mass is 9.91. The number of aliphatic hydroxyl groups is 1. The highest BCUT2D eigenvalue weighted by molar-refractivity contribution is 4.94. The predicted molar refractivity (Wildman–Crippen MR) is 98.0 cm³/mol. The van der Waals surface area contributed by atoms with Crippen LogP contribution >= 0.6 is 0 Å². The van der Waals surface area contributed by atoms with E-state index < -0.39 is 0 Å². The van der Waals surface area contributed by atoms with E-state index in [0.29, 0.717) is 6.61 Å². The van der Waals surface area contributed by atoms with Crippen LogP contribution in [0.2, 0.25) is 0 Å². The third-order valence-electron chi connectivity index (χ3n) is 6.23. The van der Waals surface area contributed by atoms with Gasteiger partial charge in [0.1, 0.15) is 0 Å². The average molecular weight is 311 g/mol. The third kappa shape index (κ3) is 7.49. The Kier molecular flexibility index (Phi) is 10.4. The van der Waals surface area contributed by atoms with Crippen molar-refractivity contribution in [2.45, 2.75) is 98.3 Å². The lowest BCUT2D eigenvalue weighted by Crippen LogP contribution is -2.02. The number of hydrogen-bond acceptors (Lipinski definition) is 1. The van der Waals surface area contributed by atoms with Crippen LogP contribution in [0.3, 0.4) is 0 Å². The predicted octanol–water partition coefficient (Wildman–Crippen LogP) is 6.44.